The second kappa shape index (κ2) is 8.10. The standard InChI is InChI=1S/C18H18FNO4/c1-12(13-3-7-15(19)8-4-13)20-17(21)11-24-16-9-5-14(6-10-16)18(22)23-2/h3-10,12H,11H2,1-2H3,(H,20,21)/t12-/m0/s1. The van der Waals surface area contributed by atoms with E-state index in [4.69, 9.17) is 4.74 Å². The van der Waals surface area contributed by atoms with Crippen molar-refractivity contribution in [2.45, 2.75) is 13.0 Å². The number of esters is 1. The molecule has 0 aliphatic heterocycles. The van der Waals surface area contributed by atoms with Crippen LogP contribution >= 0.6 is 0 Å². The number of carbonyl (C=O) groups excluding carboxylic acids is 2. The lowest BCUT2D eigenvalue weighted by atomic mass is 10.1. The molecule has 2 aromatic carbocycles. The molecule has 0 aromatic heterocycles. The summed E-state index contributed by atoms with van der Waals surface area (Å²) in [5.74, 6) is -0.598. The van der Waals surface area contributed by atoms with E-state index in [-0.39, 0.29) is 24.4 Å². The number of hydrogen-bond donors (Lipinski definition) is 1. The molecule has 1 N–H and O–H groups in total. The van der Waals surface area contributed by atoms with Crippen molar-refractivity contribution in [3.05, 3.63) is 65.5 Å². The van der Waals surface area contributed by atoms with Crippen molar-refractivity contribution in [1.29, 1.82) is 0 Å². The van der Waals surface area contributed by atoms with Gasteiger partial charge in [-0.2, -0.15) is 0 Å². The smallest absolute Gasteiger partial charge is 0.337 e. The van der Waals surface area contributed by atoms with E-state index in [0.717, 1.165) is 5.56 Å². The van der Waals surface area contributed by atoms with E-state index in [1.165, 1.54) is 19.2 Å². The summed E-state index contributed by atoms with van der Waals surface area (Å²) in [5.41, 5.74) is 1.20. The Balaban J connectivity index is 1.84. The van der Waals surface area contributed by atoms with Gasteiger partial charge in [0.15, 0.2) is 6.61 Å². The Hall–Kier alpha value is -2.89. The van der Waals surface area contributed by atoms with E-state index >= 15 is 0 Å². The normalized spacial score (nSPS) is 11.5. The van der Waals surface area contributed by atoms with Crippen molar-refractivity contribution < 1.29 is 23.5 Å². The Bertz CT molecular complexity index is 698. The van der Waals surface area contributed by atoms with Gasteiger partial charge in [-0.25, -0.2) is 9.18 Å². The molecule has 0 aliphatic carbocycles. The Morgan fingerprint density at radius 1 is 1.08 bits per heavy atom. The van der Waals surface area contributed by atoms with E-state index in [2.05, 4.69) is 10.1 Å². The largest absolute Gasteiger partial charge is 0.484 e. The van der Waals surface area contributed by atoms with Gasteiger partial charge in [0.05, 0.1) is 18.7 Å². The molecule has 5 nitrogen and oxygen atoms in total. The van der Waals surface area contributed by atoms with Gasteiger partial charge in [0.2, 0.25) is 0 Å². The van der Waals surface area contributed by atoms with E-state index < -0.39 is 5.97 Å². The number of ether oxygens (including phenoxy) is 2. The Morgan fingerprint density at radius 2 is 1.71 bits per heavy atom. The highest BCUT2D eigenvalue weighted by Gasteiger charge is 2.11. The molecule has 0 radical (unpaired) electrons. The number of hydrogen-bond acceptors (Lipinski definition) is 4. The molecule has 0 aliphatic rings. The van der Waals surface area contributed by atoms with Crippen LogP contribution in [0.3, 0.4) is 0 Å². The minimum absolute atomic E-state index is 0.164. The van der Waals surface area contributed by atoms with Gasteiger partial charge >= 0.3 is 5.97 Å². The zero-order chi connectivity index (χ0) is 17.5. The third-order valence-electron chi connectivity index (χ3n) is 3.39. The van der Waals surface area contributed by atoms with Gasteiger partial charge in [-0.15, -0.1) is 0 Å². The first kappa shape index (κ1) is 17.5. The summed E-state index contributed by atoms with van der Waals surface area (Å²) in [6, 6.07) is 11.9. The summed E-state index contributed by atoms with van der Waals surface area (Å²) in [6.07, 6.45) is 0. The lowest BCUT2D eigenvalue weighted by Crippen LogP contribution is -2.31. The minimum Gasteiger partial charge on any atom is -0.484 e. The molecule has 0 unspecified atom stereocenters. The third-order valence-corrected chi connectivity index (χ3v) is 3.39. The SMILES string of the molecule is COC(=O)c1ccc(OCC(=O)N[C@@H](C)c2ccc(F)cc2)cc1. The number of halogens is 1. The first-order valence-electron chi connectivity index (χ1n) is 7.35. The second-order valence-corrected chi connectivity index (χ2v) is 5.15. The summed E-state index contributed by atoms with van der Waals surface area (Å²) in [7, 11) is 1.30. The summed E-state index contributed by atoms with van der Waals surface area (Å²) in [4.78, 5) is 23.2. The average molecular weight is 331 g/mol. The van der Waals surface area contributed by atoms with E-state index in [0.29, 0.717) is 11.3 Å². The van der Waals surface area contributed by atoms with Gasteiger partial charge in [-0.1, -0.05) is 12.1 Å². The highest BCUT2D eigenvalue weighted by atomic mass is 19.1. The molecule has 0 spiro atoms. The van der Waals surface area contributed by atoms with Crippen molar-refractivity contribution in [2.75, 3.05) is 13.7 Å². The van der Waals surface area contributed by atoms with Gasteiger partial charge in [0.25, 0.3) is 5.91 Å². The number of nitrogens with one attached hydrogen (secondary N) is 1. The van der Waals surface area contributed by atoms with Crippen LogP contribution in [0.1, 0.15) is 28.9 Å². The first-order chi connectivity index (χ1) is 11.5. The number of amides is 1. The maximum absolute atomic E-state index is 12.9. The minimum atomic E-state index is -0.438. The molecule has 0 saturated heterocycles. The van der Waals surface area contributed by atoms with Gasteiger partial charge in [-0.05, 0) is 48.9 Å². The van der Waals surface area contributed by atoms with Gasteiger partial charge in [0.1, 0.15) is 11.6 Å². The number of benzene rings is 2. The third kappa shape index (κ3) is 4.81. The highest BCUT2D eigenvalue weighted by Crippen LogP contribution is 2.14. The number of carbonyl (C=O) groups is 2. The molecule has 24 heavy (non-hydrogen) atoms. The molecule has 1 amide bonds. The van der Waals surface area contributed by atoms with Crippen molar-refractivity contribution in [3.63, 3.8) is 0 Å². The van der Waals surface area contributed by atoms with Gasteiger partial charge < -0.3 is 14.8 Å². The highest BCUT2D eigenvalue weighted by molar-refractivity contribution is 5.89. The molecule has 1 atom stereocenters. The zero-order valence-corrected chi connectivity index (χ0v) is 13.4. The molecular formula is C18H18FNO4. The van der Waals surface area contributed by atoms with Crippen molar-refractivity contribution >= 4 is 11.9 Å². The van der Waals surface area contributed by atoms with Crippen LogP contribution in [0, 0.1) is 5.82 Å². The fraction of sp³-hybridized carbons (Fsp3) is 0.222. The predicted molar refractivity (Wildman–Crippen MR) is 86.2 cm³/mol. The molecule has 126 valence electrons. The second-order valence-electron chi connectivity index (χ2n) is 5.15. The maximum atomic E-state index is 12.9. The molecule has 2 aromatic rings. The van der Waals surface area contributed by atoms with Gasteiger partial charge in [0, 0.05) is 0 Å². The van der Waals surface area contributed by atoms with Crippen LogP contribution in [0.4, 0.5) is 4.39 Å². The van der Waals surface area contributed by atoms with Crippen LogP contribution in [0.25, 0.3) is 0 Å². The molecule has 2 rings (SSSR count). The van der Waals surface area contributed by atoms with Crippen LogP contribution in [0.2, 0.25) is 0 Å². The lowest BCUT2D eigenvalue weighted by molar-refractivity contribution is -0.123. The summed E-state index contributed by atoms with van der Waals surface area (Å²) in [5, 5.41) is 2.76. The summed E-state index contributed by atoms with van der Waals surface area (Å²) in [6.45, 7) is 1.64. The Labute approximate surface area is 139 Å². The topological polar surface area (TPSA) is 64.6 Å². The number of rotatable bonds is 6. The zero-order valence-electron chi connectivity index (χ0n) is 13.4. The average Bonchev–Trinajstić information content (AvgIpc) is 2.60. The van der Waals surface area contributed by atoms with Crippen molar-refractivity contribution in [1.82, 2.24) is 5.32 Å². The Kier molecular flexibility index (Phi) is 5.89. The quantitative estimate of drug-likeness (QED) is 0.827. The summed E-state index contributed by atoms with van der Waals surface area (Å²) >= 11 is 0. The van der Waals surface area contributed by atoms with Crippen LogP contribution < -0.4 is 10.1 Å². The predicted octanol–water partition coefficient (Wildman–Crippen LogP) is 2.87. The molecular weight excluding hydrogens is 313 g/mol. The fourth-order valence-corrected chi connectivity index (χ4v) is 2.07. The van der Waals surface area contributed by atoms with E-state index in [1.54, 1.807) is 43.3 Å². The van der Waals surface area contributed by atoms with Crippen LogP contribution in [0.15, 0.2) is 48.5 Å². The fourth-order valence-electron chi connectivity index (χ4n) is 2.07. The monoisotopic (exact) mass is 331 g/mol. The Morgan fingerprint density at radius 3 is 2.29 bits per heavy atom. The first-order valence-corrected chi connectivity index (χ1v) is 7.35. The molecule has 0 fully saturated rings. The molecule has 6 heteroatoms. The van der Waals surface area contributed by atoms with Crippen LogP contribution in [-0.2, 0) is 9.53 Å². The number of methoxy groups -OCH3 is 1. The maximum Gasteiger partial charge on any atom is 0.337 e. The van der Waals surface area contributed by atoms with E-state index in [1.807, 2.05) is 0 Å². The van der Waals surface area contributed by atoms with Crippen molar-refractivity contribution in [2.24, 2.45) is 0 Å². The lowest BCUT2D eigenvalue weighted by Gasteiger charge is -2.14. The van der Waals surface area contributed by atoms with Crippen LogP contribution in [-0.4, -0.2) is 25.6 Å². The van der Waals surface area contributed by atoms with Crippen molar-refractivity contribution in [3.8, 4) is 5.75 Å². The molecule has 0 heterocycles. The van der Waals surface area contributed by atoms with E-state index in [9.17, 15) is 14.0 Å². The summed E-state index contributed by atoms with van der Waals surface area (Å²) < 4.78 is 22.9. The van der Waals surface area contributed by atoms with Gasteiger partial charge in [-0.3, -0.25) is 4.79 Å². The molecule has 0 bridgehead atoms. The molecule has 0 saturated carbocycles. The van der Waals surface area contributed by atoms with Crippen LogP contribution in [0.5, 0.6) is 5.75 Å².